The Morgan fingerprint density at radius 3 is 2.42 bits per heavy atom. The van der Waals surface area contributed by atoms with Crippen molar-refractivity contribution in [3.8, 4) is 0 Å². The van der Waals surface area contributed by atoms with Crippen LogP contribution in [0.3, 0.4) is 0 Å². The zero-order valence-corrected chi connectivity index (χ0v) is 23.0. The highest BCUT2D eigenvalue weighted by Gasteiger charge is 2.24. The van der Waals surface area contributed by atoms with Crippen LogP contribution in [-0.4, -0.2) is 84.0 Å². The lowest BCUT2D eigenvalue weighted by Gasteiger charge is -2.29. The van der Waals surface area contributed by atoms with Gasteiger partial charge in [0.2, 0.25) is 5.91 Å². The maximum Gasteiger partial charge on any atom is 0.229 e. The first-order chi connectivity index (χ1) is 16.6. The van der Waals surface area contributed by atoms with Gasteiger partial charge >= 0.3 is 0 Å². The van der Waals surface area contributed by atoms with Gasteiger partial charge in [-0.3, -0.25) is 14.6 Å². The number of hydrogen-bond acceptors (Lipinski definition) is 9. The van der Waals surface area contributed by atoms with Gasteiger partial charge in [-0.25, -0.2) is 21.8 Å². The molecule has 0 spiro atoms. The molecule has 1 aliphatic heterocycles. The maximum absolute atomic E-state index is 13.3. The number of amides is 1. The van der Waals surface area contributed by atoms with Crippen molar-refractivity contribution in [1.29, 1.82) is 0 Å². The summed E-state index contributed by atoms with van der Waals surface area (Å²) < 4.78 is 55.3. The quantitative estimate of drug-likeness (QED) is 0.384. The summed E-state index contributed by atoms with van der Waals surface area (Å²) in [7, 11) is -7.00. The Hall–Kier alpha value is -2.09. The zero-order chi connectivity index (χ0) is 25.1. The maximum atomic E-state index is 13.3. The monoisotopic (exact) mass is 573 g/mol. The third-order valence-electron chi connectivity index (χ3n) is 5.74. The molecule has 0 saturated carbocycles. The summed E-state index contributed by atoms with van der Waals surface area (Å²) in [6.07, 6.45) is 0.951. The molecule has 9 nitrogen and oxygen atoms in total. The molecule has 1 fully saturated rings. The molecule has 2 heterocycles. The van der Waals surface area contributed by atoms with Crippen molar-refractivity contribution in [3.05, 3.63) is 48.5 Å². The first-order valence-corrected chi connectivity index (χ1v) is 15.5. The number of sulfone groups is 2. The van der Waals surface area contributed by atoms with E-state index < -0.39 is 19.7 Å². The second-order valence-electron chi connectivity index (χ2n) is 8.28. The van der Waals surface area contributed by atoms with Crippen molar-refractivity contribution in [2.75, 3.05) is 56.3 Å². The third kappa shape index (κ3) is 7.02. The number of nitrogens with zero attached hydrogens (tertiary/aromatic N) is 3. The standard InChI is InChI=1S/C23H27N3O6S3.ClH/c1-34(28,29)19-7-8-20-21(17-19)33-23(24-20)26(11-10-25-12-14-32-15-13-25)22(27)9-16-35(30,31)18-5-3-2-4-6-18;/h2-8,17H,9-16H2,1H3;1H. The Morgan fingerprint density at radius 2 is 1.75 bits per heavy atom. The van der Waals surface area contributed by atoms with Crippen LogP contribution < -0.4 is 4.90 Å². The number of halogens is 1. The normalized spacial score (nSPS) is 14.9. The lowest BCUT2D eigenvalue weighted by Crippen LogP contribution is -2.43. The van der Waals surface area contributed by atoms with Gasteiger partial charge in [0.1, 0.15) is 0 Å². The van der Waals surface area contributed by atoms with Gasteiger partial charge in [0.05, 0.1) is 39.0 Å². The molecule has 196 valence electrons. The van der Waals surface area contributed by atoms with Crippen molar-refractivity contribution >= 4 is 64.7 Å². The van der Waals surface area contributed by atoms with E-state index in [4.69, 9.17) is 4.74 Å². The van der Waals surface area contributed by atoms with Gasteiger partial charge < -0.3 is 4.74 Å². The van der Waals surface area contributed by atoms with Gasteiger partial charge in [-0.2, -0.15) is 0 Å². The highest BCUT2D eigenvalue weighted by atomic mass is 35.5. The van der Waals surface area contributed by atoms with Crippen LogP contribution >= 0.6 is 23.7 Å². The number of fused-ring (bicyclic) bond motifs is 1. The average molecular weight is 574 g/mol. The Kier molecular flexibility index (Phi) is 9.47. The minimum absolute atomic E-state index is 0. The fourth-order valence-corrected chi connectivity index (χ4v) is 6.76. The lowest BCUT2D eigenvalue weighted by molar-refractivity contribution is -0.118. The number of aromatic nitrogens is 1. The summed E-state index contributed by atoms with van der Waals surface area (Å²) in [6.45, 7) is 3.68. The highest BCUT2D eigenvalue weighted by Crippen LogP contribution is 2.31. The molecule has 0 atom stereocenters. The summed E-state index contributed by atoms with van der Waals surface area (Å²) in [4.78, 5) is 21.9. The number of rotatable bonds is 9. The molecule has 1 saturated heterocycles. The molecule has 36 heavy (non-hydrogen) atoms. The number of benzene rings is 2. The molecular formula is C23H28ClN3O6S3. The van der Waals surface area contributed by atoms with Crippen LogP contribution in [-0.2, 0) is 29.2 Å². The lowest BCUT2D eigenvalue weighted by atomic mass is 10.3. The average Bonchev–Trinajstić information content (AvgIpc) is 3.27. The Balaban J connectivity index is 0.00000361. The predicted molar refractivity (Wildman–Crippen MR) is 143 cm³/mol. The first-order valence-electron chi connectivity index (χ1n) is 11.1. The molecule has 2 aromatic carbocycles. The number of thiazole rings is 1. The number of ether oxygens (including phenoxy) is 1. The molecule has 0 N–H and O–H groups in total. The van der Waals surface area contributed by atoms with E-state index in [2.05, 4.69) is 9.88 Å². The van der Waals surface area contributed by atoms with Gasteiger partial charge in [0.25, 0.3) is 0 Å². The van der Waals surface area contributed by atoms with Crippen LogP contribution in [0.2, 0.25) is 0 Å². The van der Waals surface area contributed by atoms with Crippen molar-refractivity contribution in [2.45, 2.75) is 16.2 Å². The van der Waals surface area contributed by atoms with E-state index in [0.29, 0.717) is 41.7 Å². The fourth-order valence-electron chi connectivity index (χ4n) is 3.73. The smallest absolute Gasteiger partial charge is 0.229 e. The Labute approximate surface area is 221 Å². The summed E-state index contributed by atoms with van der Waals surface area (Å²) in [5.41, 5.74) is 0.582. The van der Waals surface area contributed by atoms with Gasteiger partial charge in [0, 0.05) is 38.9 Å². The van der Waals surface area contributed by atoms with E-state index in [1.165, 1.54) is 34.4 Å². The van der Waals surface area contributed by atoms with E-state index in [-0.39, 0.29) is 40.3 Å². The number of morpholine rings is 1. The molecular weight excluding hydrogens is 546 g/mol. The molecule has 1 amide bonds. The molecule has 3 aromatic rings. The number of carbonyl (C=O) groups excluding carboxylic acids is 1. The minimum Gasteiger partial charge on any atom is -0.379 e. The van der Waals surface area contributed by atoms with E-state index in [1.807, 2.05) is 0 Å². The van der Waals surface area contributed by atoms with Crippen LogP contribution in [0.15, 0.2) is 58.3 Å². The molecule has 13 heteroatoms. The number of carbonyl (C=O) groups is 1. The topological polar surface area (TPSA) is 114 Å². The summed E-state index contributed by atoms with van der Waals surface area (Å²) in [5, 5.41) is 0.418. The number of anilines is 1. The van der Waals surface area contributed by atoms with Crippen molar-refractivity contribution in [1.82, 2.24) is 9.88 Å². The van der Waals surface area contributed by atoms with Gasteiger partial charge in [-0.05, 0) is 30.3 Å². The second-order valence-corrected chi connectivity index (χ2v) is 13.4. The van der Waals surface area contributed by atoms with Crippen LogP contribution in [0, 0.1) is 0 Å². The Morgan fingerprint density at radius 1 is 1.06 bits per heavy atom. The van der Waals surface area contributed by atoms with Gasteiger partial charge in [0.15, 0.2) is 24.8 Å². The summed E-state index contributed by atoms with van der Waals surface area (Å²) in [6, 6.07) is 12.7. The number of hydrogen-bond donors (Lipinski definition) is 0. The summed E-state index contributed by atoms with van der Waals surface area (Å²) in [5.74, 6) is -0.660. The van der Waals surface area contributed by atoms with Gasteiger partial charge in [-0.1, -0.05) is 29.5 Å². The van der Waals surface area contributed by atoms with Crippen LogP contribution in [0.5, 0.6) is 0 Å². The summed E-state index contributed by atoms with van der Waals surface area (Å²) >= 11 is 1.22. The Bertz CT molecular complexity index is 1410. The predicted octanol–water partition coefficient (Wildman–Crippen LogP) is 2.65. The van der Waals surface area contributed by atoms with E-state index in [0.717, 1.165) is 19.3 Å². The molecule has 0 bridgehead atoms. The van der Waals surface area contributed by atoms with Crippen LogP contribution in [0.4, 0.5) is 5.13 Å². The van der Waals surface area contributed by atoms with E-state index >= 15 is 0 Å². The van der Waals surface area contributed by atoms with Gasteiger partial charge in [-0.15, -0.1) is 12.4 Å². The van der Waals surface area contributed by atoms with Crippen molar-refractivity contribution in [2.24, 2.45) is 0 Å². The second kappa shape index (κ2) is 12.0. The third-order valence-corrected chi connectivity index (χ3v) is 9.62. The fraction of sp³-hybridized carbons (Fsp3) is 0.391. The molecule has 0 unspecified atom stereocenters. The minimum atomic E-state index is -3.61. The molecule has 0 aliphatic carbocycles. The van der Waals surface area contributed by atoms with Crippen molar-refractivity contribution < 1.29 is 26.4 Å². The van der Waals surface area contributed by atoms with Crippen LogP contribution in [0.25, 0.3) is 10.2 Å². The highest BCUT2D eigenvalue weighted by molar-refractivity contribution is 7.91. The largest absolute Gasteiger partial charge is 0.379 e. The van der Waals surface area contributed by atoms with E-state index in [1.54, 1.807) is 30.3 Å². The molecule has 1 aromatic heterocycles. The first kappa shape index (κ1) is 28.5. The zero-order valence-electron chi connectivity index (χ0n) is 19.7. The molecule has 0 radical (unpaired) electrons. The van der Waals surface area contributed by atoms with Crippen LogP contribution in [0.1, 0.15) is 6.42 Å². The molecule has 1 aliphatic rings. The SMILES string of the molecule is CS(=O)(=O)c1ccc2nc(N(CCN3CCOCC3)C(=O)CCS(=O)(=O)c3ccccc3)sc2c1.Cl. The van der Waals surface area contributed by atoms with Crippen molar-refractivity contribution in [3.63, 3.8) is 0 Å². The molecule has 4 rings (SSSR count). The van der Waals surface area contributed by atoms with E-state index in [9.17, 15) is 21.6 Å².